The van der Waals surface area contributed by atoms with Crippen LogP contribution in [0, 0.1) is 0 Å². The van der Waals surface area contributed by atoms with Gasteiger partial charge in [-0.05, 0) is 69.5 Å². The predicted octanol–water partition coefficient (Wildman–Crippen LogP) is 7.82. The molecule has 2 aromatic carbocycles. The third-order valence-corrected chi connectivity index (χ3v) is 6.14. The summed E-state index contributed by atoms with van der Waals surface area (Å²) < 4.78 is 0. The smallest absolute Gasteiger partial charge is 0.267 e. The minimum Gasteiger partial charge on any atom is -0.267 e. The summed E-state index contributed by atoms with van der Waals surface area (Å²) >= 11 is 0. The van der Waals surface area contributed by atoms with E-state index in [0.29, 0.717) is 17.8 Å². The zero-order chi connectivity index (χ0) is 23.6. The molecule has 0 saturated carbocycles. The second kappa shape index (κ2) is 9.99. The maximum absolute atomic E-state index is 13.8. The second-order valence-electron chi connectivity index (χ2n) is 10.4. The SMILES string of the molecule is CC(C)c1cc(C(C)C)cc(N(N)C(=O)c2c(C(C)C)cc(C(C)C)cc2C(C)C)c1. The van der Waals surface area contributed by atoms with Crippen molar-refractivity contribution in [3.05, 3.63) is 63.7 Å². The summed E-state index contributed by atoms with van der Waals surface area (Å²) in [5.41, 5.74) is 7.37. The van der Waals surface area contributed by atoms with Crippen LogP contribution < -0.4 is 10.9 Å². The van der Waals surface area contributed by atoms with Crippen LogP contribution >= 0.6 is 0 Å². The standard InChI is InChI=1S/C28H42N2O/c1-16(2)21-11-22(17(3)4)13-24(12-21)30(29)28(31)27-25(19(7)8)14-23(18(5)6)15-26(27)20(9)10/h11-20H,29H2,1-10H3. The highest BCUT2D eigenvalue weighted by Gasteiger charge is 2.26. The average Bonchev–Trinajstić information content (AvgIpc) is 2.70. The van der Waals surface area contributed by atoms with Crippen molar-refractivity contribution in [2.24, 2.45) is 5.84 Å². The Labute approximate surface area is 190 Å². The largest absolute Gasteiger partial charge is 0.273 e. The van der Waals surface area contributed by atoms with Gasteiger partial charge in [-0.2, -0.15) is 0 Å². The Hall–Kier alpha value is -2.13. The van der Waals surface area contributed by atoms with Gasteiger partial charge < -0.3 is 0 Å². The number of benzene rings is 2. The molecular formula is C28H42N2O. The molecule has 1 amide bonds. The van der Waals surface area contributed by atoms with E-state index in [4.69, 9.17) is 5.84 Å². The van der Waals surface area contributed by atoms with Crippen LogP contribution in [0.5, 0.6) is 0 Å². The Balaban J connectivity index is 2.68. The molecule has 0 saturated heterocycles. The molecule has 3 nitrogen and oxygen atoms in total. The molecule has 0 aliphatic rings. The third kappa shape index (κ3) is 5.57. The van der Waals surface area contributed by atoms with Gasteiger partial charge in [-0.1, -0.05) is 87.4 Å². The molecule has 0 aliphatic carbocycles. The van der Waals surface area contributed by atoms with Crippen LogP contribution in [0.2, 0.25) is 0 Å². The summed E-state index contributed by atoms with van der Waals surface area (Å²) in [7, 11) is 0. The number of anilines is 1. The first-order valence-corrected chi connectivity index (χ1v) is 11.8. The van der Waals surface area contributed by atoms with E-state index in [0.717, 1.165) is 22.4 Å². The fourth-order valence-electron chi connectivity index (χ4n) is 3.91. The van der Waals surface area contributed by atoms with Crippen molar-refractivity contribution in [3.63, 3.8) is 0 Å². The van der Waals surface area contributed by atoms with Crippen LogP contribution in [0.15, 0.2) is 30.3 Å². The van der Waals surface area contributed by atoms with Gasteiger partial charge in [0.2, 0.25) is 0 Å². The lowest BCUT2D eigenvalue weighted by Gasteiger charge is -2.26. The molecule has 0 radical (unpaired) electrons. The summed E-state index contributed by atoms with van der Waals surface area (Å²) in [4.78, 5) is 13.8. The number of rotatable bonds is 7. The maximum Gasteiger partial charge on any atom is 0.273 e. The molecule has 0 aliphatic heterocycles. The van der Waals surface area contributed by atoms with E-state index in [2.05, 4.69) is 99.6 Å². The maximum atomic E-state index is 13.8. The van der Waals surface area contributed by atoms with Crippen LogP contribution in [0.1, 0.15) is 137 Å². The number of amides is 1. The van der Waals surface area contributed by atoms with Crippen LogP contribution in [0.4, 0.5) is 5.69 Å². The van der Waals surface area contributed by atoms with E-state index in [1.54, 1.807) is 0 Å². The predicted molar refractivity (Wildman–Crippen MR) is 134 cm³/mol. The molecule has 3 heteroatoms. The van der Waals surface area contributed by atoms with Crippen LogP contribution in [0.3, 0.4) is 0 Å². The normalized spacial score (nSPS) is 12.0. The van der Waals surface area contributed by atoms with Crippen LogP contribution in [-0.2, 0) is 0 Å². The van der Waals surface area contributed by atoms with E-state index in [1.807, 2.05) is 0 Å². The molecule has 0 fully saturated rings. The van der Waals surface area contributed by atoms with Gasteiger partial charge in [0.05, 0.1) is 5.69 Å². The Morgan fingerprint density at radius 2 is 0.968 bits per heavy atom. The van der Waals surface area contributed by atoms with Crippen LogP contribution in [0.25, 0.3) is 0 Å². The molecule has 0 bridgehead atoms. The molecule has 2 aromatic rings. The first kappa shape index (κ1) is 25.1. The first-order valence-electron chi connectivity index (χ1n) is 11.8. The van der Waals surface area contributed by atoms with E-state index >= 15 is 0 Å². The Morgan fingerprint density at radius 1 is 0.613 bits per heavy atom. The lowest BCUT2D eigenvalue weighted by Crippen LogP contribution is -2.39. The molecule has 0 aromatic heterocycles. The summed E-state index contributed by atoms with van der Waals surface area (Å²) in [6, 6.07) is 10.7. The zero-order valence-corrected chi connectivity index (χ0v) is 21.2. The Morgan fingerprint density at radius 3 is 1.29 bits per heavy atom. The average molecular weight is 423 g/mol. The van der Waals surface area contributed by atoms with Gasteiger partial charge >= 0.3 is 0 Å². The minimum atomic E-state index is -0.127. The summed E-state index contributed by atoms with van der Waals surface area (Å²) in [6.45, 7) is 21.7. The van der Waals surface area contributed by atoms with Crippen molar-refractivity contribution < 1.29 is 4.79 Å². The summed E-state index contributed by atoms with van der Waals surface area (Å²) in [6.07, 6.45) is 0. The quantitative estimate of drug-likeness (QED) is 0.281. The molecule has 2 rings (SSSR count). The van der Waals surface area contributed by atoms with E-state index in [9.17, 15) is 4.79 Å². The highest BCUT2D eigenvalue weighted by Crippen LogP contribution is 2.34. The topological polar surface area (TPSA) is 46.3 Å². The number of carbonyl (C=O) groups is 1. The summed E-state index contributed by atoms with van der Waals surface area (Å²) in [5, 5.41) is 1.36. The van der Waals surface area contributed by atoms with Crippen molar-refractivity contribution in [2.75, 3.05) is 5.01 Å². The van der Waals surface area contributed by atoms with Crippen LogP contribution in [-0.4, -0.2) is 5.91 Å². The number of hydrazine groups is 1. The molecule has 0 heterocycles. The van der Waals surface area contributed by atoms with Gasteiger partial charge in [-0.3, -0.25) is 4.79 Å². The van der Waals surface area contributed by atoms with E-state index in [-0.39, 0.29) is 17.7 Å². The lowest BCUT2D eigenvalue weighted by atomic mass is 9.84. The monoisotopic (exact) mass is 422 g/mol. The molecule has 0 atom stereocenters. The van der Waals surface area contributed by atoms with Crippen molar-refractivity contribution in [2.45, 2.75) is 98.8 Å². The van der Waals surface area contributed by atoms with Crippen molar-refractivity contribution in [1.82, 2.24) is 0 Å². The highest BCUT2D eigenvalue weighted by atomic mass is 16.2. The molecule has 170 valence electrons. The molecule has 2 N–H and O–H groups in total. The molecule has 31 heavy (non-hydrogen) atoms. The molecule has 0 unspecified atom stereocenters. The summed E-state index contributed by atoms with van der Waals surface area (Å²) in [5.74, 6) is 8.00. The van der Waals surface area contributed by atoms with Crippen molar-refractivity contribution >= 4 is 11.6 Å². The Bertz CT molecular complexity index is 867. The fraction of sp³-hybridized carbons (Fsp3) is 0.536. The van der Waals surface area contributed by atoms with E-state index in [1.165, 1.54) is 21.7 Å². The van der Waals surface area contributed by atoms with Gasteiger partial charge in [0.25, 0.3) is 5.91 Å². The number of nitrogens with two attached hydrogens (primary N) is 1. The highest BCUT2D eigenvalue weighted by molar-refractivity contribution is 6.07. The Kier molecular flexibility index (Phi) is 8.10. The number of hydrogen-bond donors (Lipinski definition) is 1. The third-order valence-electron chi connectivity index (χ3n) is 6.14. The number of carbonyl (C=O) groups excluding carboxylic acids is 1. The van der Waals surface area contributed by atoms with Gasteiger partial charge in [-0.15, -0.1) is 0 Å². The van der Waals surface area contributed by atoms with Gasteiger partial charge in [0.15, 0.2) is 0 Å². The van der Waals surface area contributed by atoms with Gasteiger partial charge in [0, 0.05) is 5.56 Å². The fourth-order valence-corrected chi connectivity index (χ4v) is 3.91. The molecule has 0 spiro atoms. The van der Waals surface area contributed by atoms with Crippen molar-refractivity contribution in [3.8, 4) is 0 Å². The zero-order valence-electron chi connectivity index (χ0n) is 21.2. The van der Waals surface area contributed by atoms with E-state index < -0.39 is 0 Å². The van der Waals surface area contributed by atoms with Gasteiger partial charge in [0.1, 0.15) is 0 Å². The first-order chi connectivity index (χ1) is 14.3. The number of nitrogens with zero attached hydrogens (tertiary/aromatic N) is 1. The lowest BCUT2D eigenvalue weighted by molar-refractivity contribution is 0.0984. The second-order valence-corrected chi connectivity index (χ2v) is 10.4. The molecular weight excluding hydrogens is 380 g/mol. The number of hydrogen-bond acceptors (Lipinski definition) is 2. The van der Waals surface area contributed by atoms with Crippen molar-refractivity contribution in [1.29, 1.82) is 0 Å². The minimum absolute atomic E-state index is 0.127. The van der Waals surface area contributed by atoms with Gasteiger partial charge in [-0.25, -0.2) is 10.9 Å².